The first-order valence-electron chi connectivity index (χ1n) is 7.36. The minimum Gasteiger partial charge on any atom is -0.465 e. The molecule has 5 heteroatoms. The average Bonchev–Trinajstić information content (AvgIpc) is 2.48. The Bertz CT molecular complexity index is 514. The van der Waals surface area contributed by atoms with Crippen molar-refractivity contribution in [2.75, 3.05) is 13.2 Å². The van der Waals surface area contributed by atoms with Crippen LogP contribution in [0.2, 0.25) is 0 Å². The normalized spacial score (nSPS) is 11.9. The van der Waals surface area contributed by atoms with Crippen molar-refractivity contribution in [3.63, 3.8) is 0 Å². The number of carbonyl (C=O) groups is 3. The number of Topliss-reactive ketones (excluding diaryl/α,β-unsaturated/α-hetero) is 1. The lowest BCUT2D eigenvalue weighted by Crippen LogP contribution is -2.37. The molecule has 0 bridgehead atoms. The quantitative estimate of drug-likeness (QED) is 0.440. The van der Waals surface area contributed by atoms with E-state index in [0.29, 0.717) is 5.56 Å². The van der Waals surface area contributed by atoms with Crippen LogP contribution in [0.25, 0.3) is 0 Å². The first-order chi connectivity index (χ1) is 10.4. The fraction of sp³-hybridized carbons (Fsp3) is 0.471. The lowest BCUT2D eigenvalue weighted by atomic mass is 9.87. The van der Waals surface area contributed by atoms with Crippen molar-refractivity contribution in [3.05, 3.63) is 35.4 Å². The number of benzene rings is 1. The van der Waals surface area contributed by atoms with Crippen molar-refractivity contribution in [2.45, 2.75) is 27.7 Å². The van der Waals surface area contributed by atoms with E-state index in [1.54, 1.807) is 32.9 Å². The van der Waals surface area contributed by atoms with Crippen LogP contribution in [-0.4, -0.2) is 30.9 Å². The lowest BCUT2D eigenvalue weighted by Gasteiger charge is -2.20. The Morgan fingerprint density at radius 2 is 1.41 bits per heavy atom. The van der Waals surface area contributed by atoms with Crippen molar-refractivity contribution in [2.24, 2.45) is 11.8 Å². The first kappa shape index (κ1) is 17.9. The second-order valence-electron chi connectivity index (χ2n) is 5.00. The number of hydrogen-bond donors (Lipinski definition) is 0. The number of ketones is 1. The maximum atomic E-state index is 12.5. The van der Waals surface area contributed by atoms with Gasteiger partial charge in [0.1, 0.15) is 0 Å². The number of hydrogen-bond acceptors (Lipinski definition) is 5. The monoisotopic (exact) mass is 306 g/mol. The van der Waals surface area contributed by atoms with Crippen LogP contribution < -0.4 is 0 Å². The summed E-state index contributed by atoms with van der Waals surface area (Å²) in [5.41, 5.74) is 1.48. The second kappa shape index (κ2) is 8.32. The van der Waals surface area contributed by atoms with E-state index < -0.39 is 23.8 Å². The standard InChI is InChI=1S/C17H22O5/c1-5-21-16(19)14(17(20)22-6-2)12(4)15(18)13-9-7-11(3)8-10-13/h7-10,12,14H,5-6H2,1-4H3. The van der Waals surface area contributed by atoms with E-state index in [9.17, 15) is 14.4 Å². The summed E-state index contributed by atoms with van der Waals surface area (Å²) in [5, 5.41) is 0. The molecule has 0 saturated heterocycles. The van der Waals surface area contributed by atoms with E-state index >= 15 is 0 Å². The summed E-state index contributed by atoms with van der Waals surface area (Å²) in [7, 11) is 0. The number of aryl methyl sites for hydroxylation is 1. The van der Waals surface area contributed by atoms with Crippen LogP contribution in [0.5, 0.6) is 0 Å². The van der Waals surface area contributed by atoms with Crippen molar-refractivity contribution in [1.82, 2.24) is 0 Å². The number of esters is 2. The largest absolute Gasteiger partial charge is 0.465 e. The lowest BCUT2D eigenvalue weighted by molar-refractivity contribution is -0.163. The molecule has 0 aliphatic carbocycles. The number of carbonyl (C=O) groups excluding carboxylic acids is 3. The smallest absolute Gasteiger partial charge is 0.321 e. The van der Waals surface area contributed by atoms with Crippen LogP contribution in [0.1, 0.15) is 36.7 Å². The summed E-state index contributed by atoms with van der Waals surface area (Å²) in [5.74, 6) is -3.83. The minimum absolute atomic E-state index is 0.139. The van der Waals surface area contributed by atoms with Gasteiger partial charge in [0.05, 0.1) is 13.2 Å². The Hall–Kier alpha value is -2.17. The molecule has 22 heavy (non-hydrogen) atoms. The Balaban J connectivity index is 3.01. The van der Waals surface area contributed by atoms with E-state index in [0.717, 1.165) is 5.56 Å². The van der Waals surface area contributed by atoms with Gasteiger partial charge in [0.25, 0.3) is 0 Å². The van der Waals surface area contributed by atoms with Crippen molar-refractivity contribution in [3.8, 4) is 0 Å². The maximum absolute atomic E-state index is 12.5. The molecule has 0 radical (unpaired) electrons. The van der Waals surface area contributed by atoms with Gasteiger partial charge >= 0.3 is 11.9 Å². The third-order valence-corrected chi connectivity index (χ3v) is 3.33. The molecule has 0 fully saturated rings. The molecule has 0 spiro atoms. The highest BCUT2D eigenvalue weighted by molar-refractivity contribution is 6.05. The van der Waals surface area contributed by atoms with E-state index in [-0.39, 0.29) is 19.0 Å². The van der Waals surface area contributed by atoms with E-state index in [4.69, 9.17) is 9.47 Å². The summed E-state index contributed by atoms with van der Waals surface area (Å²) in [6.07, 6.45) is 0. The molecule has 0 heterocycles. The van der Waals surface area contributed by atoms with Gasteiger partial charge in [0.2, 0.25) is 0 Å². The molecule has 1 aromatic carbocycles. The van der Waals surface area contributed by atoms with E-state index in [1.807, 2.05) is 19.1 Å². The fourth-order valence-corrected chi connectivity index (χ4v) is 2.10. The predicted molar refractivity (Wildman–Crippen MR) is 81.4 cm³/mol. The molecule has 0 aliphatic rings. The molecule has 0 amide bonds. The SMILES string of the molecule is CCOC(=O)C(C(=O)OCC)C(C)C(=O)c1ccc(C)cc1. The summed E-state index contributed by atoms with van der Waals surface area (Å²) < 4.78 is 9.81. The summed E-state index contributed by atoms with van der Waals surface area (Å²) in [6.45, 7) is 7.03. The van der Waals surface area contributed by atoms with Crippen LogP contribution in [0, 0.1) is 18.8 Å². The first-order valence-corrected chi connectivity index (χ1v) is 7.36. The molecule has 0 saturated carbocycles. The molecule has 0 aromatic heterocycles. The third-order valence-electron chi connectivity index (χ3n) is 3.33. The zero-order valence-electron chi connectivity index (χ0n) is 13.4. The van der Waals surface area contributed by atoms with Gasteiger partial charge in [-0.25, -0.2) is 0 Å². The zero-order valence-corrected chi connectivity index (χ0v) is 13.4. The van der Waals surface area contributed by atoms with Crippen molar-refractivity contribution < 1.29 is 23.9 Å². The number of ether oxygens (including phenoxy) is 2. The van der Waals surface area contributed by atoms with Crippen LogP contribution in [-0.2, 0) is 19.1 Å². The van der Waals surface area contributed by atoms with Gasteiger partial charge in [-0.3, -0.25) is 14.4 Å². The molecular weight excluding hydrogens is 284 g/mol. The minimum atomic E-state index is -1.24. The van der Waals surface area contributed by atoms with Crippen molar-refractivity contribution >= 4 is 17.7 Å². The van der Waals surface area contributed by atoms with Crippen LogP contribution >= 0.6 is 0 Å². The summed E-state index contributed by atoms with van der Waals surface area (Å²) in [4.78, 5) is 36.5. The van der Waals surface area contributed by atoms with Gasteiger partial charge in [-0.2, -0.15) is 0 Å². The van der Waals surface area contributed by atoms with Crippen molar-refractivity contribution in [1.29, 1.82) is 0 Å². The number of rotatable bonds is 7. The fourth-order valence-electron chi connectivity index (χ4n) is 2.10. The van der Waals surface area contributed by atoms with E-state index in [2.05, 4.69) is 0 Å². The summed E-state index contributed by atoms with van der Waals surface area (Å²) >= 11 is 0. The van der Waals surface area contributed by atoms with Crippen LogP contribution in [0.3, 0.4) is 0 Å². The van der Waals surface area contributed by atoms with Crippen LogP contribution in [0.4, 0.5) is 0 Å². The molecule has 0 aliphatic heterocycles. The average molecular weight is 306 g/mol. The van der Waals surface area contributed by atoms with Gasteiger partial charge in [-0.05, 0) is 20.8 Å². The van der Waals surface area contributed by atoms with Crippen LogP contribution in [0.15, 0.2) is 24.3 Å². The van der Waals surface area contributed by atoms with Gasteiger partial charge in [0, 0.05) is 11.5 Å². The molecule has 5 nitrogen and oxygen atoms in total. The van der Waals surface area contributed by atoms with E-state index in [1.165, 1.54) is 0 Å². The molecule has 1 atom stereocenters. The molecule has 120 valence electrons. The molecule has 1 rings (SSSR count). The Morgan fingerprint density at radius 1 is 0.955 bits per heavy atom. The Labute approximate surface area is 130 Å². The van der Waals surface area contributed by atoms with Gasteiger partial charge in [0.15, 0.2) is 11.7 Å². The topological polar surface area (TPSA) is 69.7 Å². The maximum Gasteiger partial charge on any atom is 0.321 e. The highest BCUT2D eigenvalue weighted by atomic mass is 16.6. The van der Waals surface area contributed by atoms with Gasteiger partial charge < -0.3 is 9.47 Å². The zero-order chi connectivity index (χ0) is 16.7. The highest BCUT2D eigenvalue weighted by Crippen LogP contribution is 2.21. The third kappa shape index (κ3) is 4.41. The Kier molecular flexibility index (Phi) is 6.76. The predicted octanol–water partition coefficient (Wildman–Crippen LogP) is 2.56. The van der Waals surface area contributed by atoms with Gasteiger partial charge in [-0.1, -0.05) is 36.8 Å². The Morgan fingerprint density at radius 3 is 1.82 bits per heavy atom. The molecule has 1 aromatic rings. The molecule has 0 N–H and O–H groups in total. The van der Waals surface area contributed by atoms with Gasteiger partial charge in [-0.15, -0.1) is 0 Å². The molecule has 1 unspecified atom stereocenters. The summed E-state index contributed by atoms with van der Waals surface area (Å²) in [6, 6.07) is 6.98. The second-order valence-corrected chi connectivity index (χ2v) is 5.00. The highest BCUT2D eigenvalue weighted by Gasteiger charge is 2.38. The molecular formula is C17H22O5.